The number of rotatable bonds is 3. The first-order valence-electron chi connectivity index (χ1n) is 6.91. The van der Waals surface area contributed by atoms with Crippen LogP contribution in [0.1, 0.15) is 29.5 Å². The zero-order valence-corrected chi connectivity index (χ0v) is 11.2. The third kappa shape index (κ3) is 2.33. The SMILES string of the molecule is C[C@H](C(=O)C1Cc2ccccc2C1)c1ccccc1. The lowest BCUT2D eigenvalue weighted by Gasteiger charge is -2.15. The van der Waals surface area contributed by atoms with E-state index in [1.54, 1.807) is 0 Å². The summed E-state index contributed by atoms with van der Waals surface area (Å²) in [6.45, 7) is 2.03. The van der Waals surface area contributed by atoms with Crippen molar-refractivity contribution in [3.05, 3.63) is 71.3 Å². The molecule has 0 bridgehead atoms. The number of fused-ring (bicyclic) bond motifs is 1. The summed E-state index contributed by atoms with van der Waals surface area (Å²) in [6, 6.07) is 18.5. The zero-order chi connectivity index (χ0) is 13.2. The zero-order valence-electron chi connectivity index (χ0n) is 11.2. The molecule has 1 nitrogen and oxygen atoms in total. The molecular formula is C18H18O. The number of benzene rings is 2. The second-order valence-electron chi connectivity index (χ2n) is 5.41. The molecule has 1 heteroatoms. The van der Waals surface area contributed by atoms with Crippen LogP contribution in [0.5, 0.6) is 0 Å². The van der Waals surface area contributed by atoms with Crippen LogP contribution in [0.3, 0.4) is 0 Å². The van der Waals surface area contributed by atoms with Crippen molar-refractivity contribution in [1.29, 1.82) is 0 Å². The van der Waals surface area contributed by atoms with E-state index in [1.807, 2.05) is 37.3 Å². The van der Waals surface area contributed by atoms with Crippen LogP contribution in [0.2, 0.25) is 0 Å². The monoisotopic (exact) mass is 250 g/mol. The maximum Gasteiger partial charge on any atom is 0.143 e. The number of carbonyl (C=O) groups excluding carboxylic acids is 1. The molecule has 0 fully saturated rings. The normalized spacial score (nSPS) is 16.1. The van der Waals surface area contributed by atoms with Gasteiger partial charge in [-0.05, 0) is 29.5 Å². The Labute approximate surface area is 114 Å². The van der Waals surface area contributed by atoms with Crippen LogP contribution in [-0.4, -0.2) is 5.78 Å². The molecule has 0 radical (unpaired) electrons. The van der Waals surface area contributed by atoms with E-state index < -0.39 is 0 Å². The fourth-order valence-electron chi connectivity index (χ4n) is 3.02. The predicted molar refractivity (Wildman–Crippen MR) is 77.2 cm³/mol. The Balaban J connectivity index is 1.77. The molecule has 0 N–H and O–H groups in total. The smallest absolute Gasteiger partial charge is 0.143 e. The first-order chi connectivity index (χ1) is 9.25. The van der Waals surface area contributed by atoms with Crippen LogP contribution in [-0.2, 0) is 17.6 Å². The average molecular weight is 250 g/mol. The van der Waals surface area contributed by atoms with Gasteiger partial charge in [-0.1, -0.05) is 61.5 Å². The van der Waals surface area contributed by atoms with E-state index in [1.165, 1.54) is 11.1 Å². The molecule has 1 aliphatic carbocycles. The quantitative estimate of drug-likeness (QED) is 0.810. The topological polar surface area (TPSA) is 17.1 Å². The van der Waals surface area contributed by atoms with E-state index in [2.05, 4.69) is 24.3 Å². The van der Waals surface area contributed by atoms with Crippen LogP contribution < -0.4 is 0 Å². The van der Waals surface area contributed by atoms with Gasteiger partial charge in [-0.2, -0.15) is 0 Å². The molecule has 1 atom stereocenters. The Bertz CT molecular complexity index is 561. The second-order valence-corrected chi connectivity index (χ2v) is 5.41. The minimum absolute atomic E-state index is 0.000474. The molecule has 2 aromatic rings. The van der Waals surface area contributed by atoms with Gasteiger partial charge in [0.1, 0.15) is 5.78 Å². The minimum atomic E-state index is 0.000474. The maximum absolute atomic E-state index is 12.6. The maximum atomic E-state index is 12.6. The summed E-state index contributed by atoms with van der Waals surface area (Å²) in [7, 11) is 0. The fourth-order valence-corrected chi connectivity index (χ4v) is 3.02. The molecule has 0 amide bonds. The number of hydrogen-bond donors (Lipinski definition) is 0. The largest absolute Gasteiger partial charge is 0.299 e. The Kier molecular flexibility index (Phi) is 3.20. The van der Waals surface area contributed by atoms with Gasteiger partial charge in [0.25, 0.3) is 0 Å². The van der Waals surface area contributed by atoms with E-state index in [0.29, 0.717) is 5.78 Å². The van der Waals surface area contributed by atoms with E-state index in [0.717, 1.165) is 18.4 Å². The van der Waals surface area contributed by atoms with Gasteiger partial charge in [0.05, 0.1) is 0 Å². The van der Waals surface area contributed by atoms with Crippen LogP contribution >= 0.6 is 0 Å². The molecular weight excluding hydrogens is 232 g/mol. The lowest BCUT2D eigenvalue weighted by atomic mass is 9.87. The van der Waals surface area contributed by atoms with Gasteiger partial charge in [0, 0.05) is 11.8 Å². The van der Waals surface area contributed by atoms with Gasteiger partial charge in [0.2, 0.25) is 0 Å². The van der Waals surface area contributed by atoms with Gasteiger partial charge < -0.3 is 0 Å². The second kappa shape index (κ2) is 5.00. The third-order valence-corrected chi connectivity index (χ3v) is 4.18. The Hall–Kier alpha value is -1.89. The molecule has 2 aromatic carbocycles. The van der Waals surface area contributed by atoms with Gasteiger partial charge in [0.15, 0.2) is 0 Å². The fraction of sp³-hybridized carbons (Fsp3) is 0.278. The molecule has 0 saturated carbocycles. The molecule has 0 unspecified atom stereocenters. The van der Waals surface area contributed by atoms with Crippen LogP contribution in [0.15, 0.2) is 54.6 Å². The summed E-state index contributed by atoms with van der Waals surface area (Å²) < 4.78 is 0. The van der Waals surface area contributed by atoms with E-state index >= 15 is 0 Å². The lowest BCUT2D eigenvalue weighted by Crippen LogP contribution is -2.20. The van der Waals surface area contributed by atoms with Crippen molar-refractivity contribution in [2.45, 2.75) is 25.7 Å². The van der Waals surface area contributed by atoms with Gasteiger partial charge in [-0.15, -0.1) is 0 Å². The van der Waals surface area contributed by atoms with Crippen molar-refractivity contribution in [2.24, 2.45) is 5.92 Å². The molecule has 19 heavy (non-hydrogen) atoms. The Morgan fingerprint density at radius 2 is 1.47 bits per heavy atom. The van der Waals surface area contributed by atoms with Crippen molar-refractivity contribution in [3.8, 4) is 0 Å². The molecule has 0 heterocycles. The Morgan fingerprint density at radius 1 is 0.947 bits per heavy atom. The molecule has 96 valence electrons. The molecule has 0 spiro atoms. The predicted octanol–water partition coefficient (Wildman–Crippen LogP) is 3.77. The first-order valence-corrected chi connectivity index (χ1v) is 6.91. The number of hydrogen-bond acceptors (Lipinski definition) is 1. The standard InChI is InChI=1S/C18H18O/c1-13(14-7-3-2-4-8-14)18(19)17-11-15-9-5-6-10-16(15)12-17/h2-10,13,17H,11-12H2,1H3/t13-/m0/s1. The summed E-state index contributed by atoms with van der Waals surface area (Å²) in [5.74, 6) is 0.538. The van der Waals surface area contributed by atoms with Crippen molar-refractivity contribution < 1.29 is 4.79 Å². The summed E-state index contributed by atoms with van der Waals surface area (Å²) in [6.07, 6.45) is 1.82. The van der Waals surface area contributed by atoms with E-state index in [-0.39, 0.29) is 11.8 Å². The van der Waals surface area contributed by atoms with Gasteiger partial charge in [-0.25, -0.2) is 0 Å². The highest BCUT2D eigenvalue weighted by atomic mass is 16.1. The van der Waals surface area contributed by atoms with Crippen LogP contribution in [0.25, 0.3) is 0 Å². The average Bonchev–Trinajstić information content (AvgIpc) is 2.90. The van der Waals surface area contributed by atoms with Crippen LogP contribution in [0, 0.1) is 5.92 Å². The number of Topliss-reactive ketones (excluding diaryl/α,β-unsaturated/α-hetero) is 1. The Morgan fingerprint density at radius 3 is 2.05 bits per heavy atom. The van der Waals surface area contributed by atoms with Gasteiger partial charge >= 0.3 is 0 Å². The third-order valence-electron chi connectivity index (χ3n) is 4.18. The summed E-state index contributed by atoms with van der Waals surface area (Å²) in [4.78, 5) is 12.6. The molecule has 0 aromatic heterocycles. The van der Waals surface area contributed by atoms with Crippen molar-refractivity contribution in [1.82, 2.24) is 0 Å². The molecule has 0 aliphatic heterocycles. The number of carbonyl (C=O) groups is 1. The first kappa shape index (κ1) is 12.2. The van der Waals surface area contributed by atoms with Crippen molar-refractivity contribution in [3.63, 3.8) is 0 Å². The molecule has 1 aliphatic rings. The highest BCUT2D eigenvalue weighted by molar-refractivity contribution is 5.88. The molecule has 3 rings (SSSR count). The lowest BCUT2D eigenvalue weighted by molar-refractivity contribution is -0.123. The summed E-state index contributed by atoms with van der Waals surface area (Å²) in [5.41, 5.74) is 3.82. The summed E-state index contributed by atoms with van der Waals surface area (Å²) in [5, 5.41) is 0. The van der Waals surface area contributed by atoms with Crippen LogP contribution in [0.4, 0.5) is 0 Å². The number of ketones is 1. The summed E-state index contributed by atoms with van der Waals surface area (Å²) >= 11 is 0. The molecule has 0 saturated heterocycles. The van der Waals surface area contributed by atoms with Gasteiger partial charge in [-0.3, -0.25) is 4.79 Å². The minimum Gasteiger partial charge on any atom is -0.299 e. The van der Waals surface area contributed by atoms with E-state index in [4.69, 9.17) is 0 Å². The highest BCUT2D eigenvalue weighted by Gasteiger charge is 2.30. The highest BCUT2D eigenvalue weighted by Crippen LogP contribution is 2.31. The van der Waals surface area contributed by atoms with Crippen molar-refractivity contribution in [2.75, 3.05) is 0 Å². The van der Waals surface area contributed by atoms with E-state index in [9.17, 15) is 4.79 Å². The van der Waals surface area contributed by atoms with Crippen molar-refractivity contribution >= 4 is 5.78 Å².